The highest BCUT2D eigenvalue weighted by atomic mass is 16.5. The minimum atomic E-state index is 0.439. The van der Waals surface area contributed by atoms with Crippen molar-refractivity contribution in [3.05, 3.63) is 0 Å². The van der Waals surface area contributed by atoms with Gasteiger partial charge in [0.1, 0.15) is 0 Å². The Morgan fingerprint density at radius 2 is 0.889 bits per heavy atom. The lowest BCUT2D eigenvalue weighted by Crippen LogP contribution is -2.24. The second-order valence-corrected chi connectivity index (χ2v) is 11.9. The zero-order valence-electron chi connectivity index (χ0n) is 20.8. The maximum atomic E-state index is 6.69. The van der Waals surface area contributed by atoms with E-state index < -0.39 is 0 Å². The molecule has 164 valence electrons. The largest absolute Gasteiger partial charge is 0.375 e. The van der Waals surface area contributed by atoms with Crippen molar-refractivity contribution in [1.29, 1.82) is 0 Å². The van der Waals surface area contributed by atoms with Gasteiger partial charge < -0.3 is 4.74 Å². The Morgan fingerprint density at radius 1 is 0.556 bits per heavy atom. The van der Waals surface area contributed by atoms with E-state index in [1.165, 1.54) is 64.2 Å². The van der Waals surface area contributed by atoms with Crippen LogP contribution in [0.3, 0.4) is 0 Å². The summed E-state index contributed by atoms with van der Waals surface area (Å²) in [5, 5.41) is 0. The molecule has 0 N–H and O–H groups in total. The second-order valence-electron chi connectivity index (χ2n) is 11.9. The summed E-state index contributed by atoms with van der Waals surface area (Å²) in [6.07, 6.45) is 13.6. The Kier molecular flexibility index (Phi) is 13.2. The Bertz CT molecular complexity index is 312. The monoisotopic (exact) mass is 382 g/mol. The molecule has 0 saturated carbocycles. The molecule has 1 heteroatoms. The van der Waals surface area contributed by atoms with Gasteiger partial charge in [-0.2, -0.15) is 0 Å². The van der Waals surface area contributed by atoms with Gasteiger partial charge in [-0.25, -0.2) is 0 Å². The molecule has 0 aromatic rings. The molecule has 0 amide bonds. The highest BCUT2D eigenvalue weighted by Crippen LogP contribution is 2.30. The molecule has 27 heavy (non-hydrogen) atoms. The topological polar surface area (TPSA) is 9.23 Å². The summed E-state index contributed by atoms with van der Waals surface area (Å²) in [4.78, 5) is 0. The summed E-state index contributed by atoms with van der Waals surface area (Å²) in [6, 6.07) is 0. The van der Waals surface area contributed by atoms with E-state index in [0.29, 0.717) is 23.0 Å². The van der Waals surface area contributed by atoms with Gasteiger partial charge in [-0.3, -0.25) is 0 Å². The summed E-state index contributed by atoms with van der Waals surface area (Å²) in [6.45, 7) is 23.6. The van der Waals surface area contributed by atoms with Gasteiger partial charge in [0.15, 0.2) is 0 Å². The van der Waals surface area contributed by atoms with E-state index in [-0.39, 0.29) is 0 Å². The molecule has 0 aromatic carbocycles. The van der Waals surface area contributed by atoms with Gasteiger partial charge in [0.2, 0.25) is 0 Å². The van der Waals surface area contributed by atoms with Crippen LogP contribution in [0, 0.1) is 22.7 Å². The molecular formula is C26H54O. The highest BCUT2D eigenvalue weighted by molar-refractivity contribution is 4.72. The van der Waals surface area contributed by atoms with Crippen LogP contribution in [0.1, 0.15) is 133 Å². The van der Waals surface area contributed by atoms with Gasteiger partial charge in [0, 0.05) is 0 Å². The molecule has 0 rings (SSSR count). The zero-order valence-corrected chi connectivity index (χ0v) is 20.8. The summed E-state index contributed by atoms with van der Waals surface area (Å²) in [5.74, 6) is 1.59. The molecule has 0 aliphatic heterocycles. The average molecular weight is 383 g/mol. The molecule has 0 heterocycles. The van der Waals surface area contributed by atoms with Crippen LogP contribution in [0.4, 0.5) is 0 Å². The number of hydrogen-bond donors (Lipinski definition) is 0. The van der Waals surface area contributed by atoms with Crippen molar-refractivity contribution in [2.45, 2.75) is 146 Å². The normalized spacial score (nSPS) is 17.6. The molecule has 4 unspecified atom stereocenters. The predicted molar refractivity (Wildman–Crippen MR) is 123 cm³/mol. The van der Waals surface area contributed by atoms with Gasteiger partial charge in [0.05, 0.1) is 12.2 Å². The third-order valence-corrected chi connectivity index (χ3v) is 5.49. The lowest BCUT2D eigenvalue weighted by atomic mass is 9.83. The van der Waals surface area contributed by atoms with Crippen LogP contribution in [-0.2, 0) is 4.74 Å². The van der Waals surface area contributed by atoms with E-state index in [1.807, 2.05) is 0 Å². The van der Waals surface area contributed by atoms with Crippen molar-refractivity contribution in [2.24, 2.45) is 22.7 Å². The minimum absolute atomic E-state index is 0.439. The standard InChI is InChI=1S/C26H54O/c1-11-13-23(17-15-21(3)19-25(5,6)7)27-24(14-12-2)18-16-22(4)20-26(8,9)10/h21-24H,11-20H2,1-10H3. The molecular weight excluding hydrogens is 328 g/mol. The van der Waals surface area contributed by atoms with Gasteiger partial charge in [-0.05, 0) is 74.0 Å². The molecule has 1 nitrogen and oxygen atoms in total. The molecule has 0 aliphatic rings. The van der Waals surface area contributed by atoms with E-state index in [0.717, 1.165) is 11.8 Å². The molecule has 0 aliphatic carbocycles. The fraction of sp³-hybridized carbons (Fsp3) is 1.00. The lowest BCUT2D eigenvalue weighted by molar-refractivity contribution is -0.0344. The Hall–Kier alpha value is -0.0400. The molecule has 0 saturated heterocycles. The van der Waals surface area contributed by atoms with Crippen molar-refractivity contribution in [2.75, 3.05) is 0 Å². The van der Waals surface area contributed by atoms with Gasteiger partial charge in [0.25, 0.3) is 0 Å². The van der Waals surface area contributed by atoms with Crippen LogP contribution in [0.25, 0.3) is 0 Å². The van der Waals surface area contributed by atoms with E-state index in [4.69, 9.17) is 4.74 Å². The third-order valence-electron chi connectivity index (χ3n) is 5.49. The zero-order chi connectivity index (χ0) is 21.1. The van der Waals surface area contributed by atoms with Crippen molar-refractivity contribution >= 4 is 0 Å². The van der Waals surface area contributed by atoms with Crippen molar-refractivity contribution in [3.63, 3.8) is 0 Å². The van der Waals surface area contributed by atoms with Crippen molar-refractivity contribution in [3.8, 4) is 0 Å². The van der Waals surface area contributed by atoms with Crippen LogP contribution >= 0.6 is 0 Å². The molecule has 0 aromatic heterocycles. The van der Waals surface area contributed by atoms with Crippen LogP contribution in [-0.4, -0.2) is 12.2 Å². The molecule has 4 atom stereocenters. The van der Waals surface area contributed by atoms with Crippen molar-refractivity contribution in [1.82, 2.24) is 0 Å². The minimum Gasteiger partial charge on any atom is -0.375 e. The first-order valence-electron chi connectivity index (χ1n) is 12.0. The molecule has 0 spiro atoms. The Labute approximate surface area is 173 Å². The molecule has 0 fully saturated rings. The summed E-state index contributed by atoms with van der Waals surface area (Å²) >= 11 is 0. The van der Waals surface area contributed by atoms with E-state index in [9.17, 15) is 0 Å². The summed E-state index contributed by atoms with van der Waals surface area (Å²) < 4.78 is 6.69. The van der Waals surface area contributed by atoms with Crippen LogP contribution in [0.2, 0.25) is 0 Å². The highest BCUT2D eigenvalue weighted by Gasteiger charge is 2.21. The van der Waals surface area contributed by atoms with Crippen LogP contribution in [0.5, 0.6) is 0 Å². The average Bonchev–Trinajstić information content (AvgIpc) is 2.47. The summed E-state index contributed by atoms with van der Waals surface area (Å²) in [5.41, 5.74) is 0.878. The first-order chi connectivity index (χ1) is 12.4. The van der Waals surface area contributed by atoms with E-state index in [1.54, 1.807) is 0 Å². The van der Waals surface area contributed by atoms with Crippen LogP contribution in [0.15, 0.2) is 0 Å². The first-order valence-corrected chi connectivity index (χ1v) is 12.0. The predicted octanol–water partition coefficient (Wildman–Crippen LogP) is 9.05. The van der Waals surface area contributed by atoms with Crippen LogP contribution < -0.4 is 0 Å². The number of hydrogen-bond acceptors (Lipinski definition) is 1. The fourth-order valence-electron chi connectivity index (χ4n) is 4.71. The fourth-order valence-corrected chi connectivity index (χ4v) is 4.71. The number of ether oxygens (including phenoxy) is 1. The number of rotatable bonds is 14. The molecule has 0 radical (unpaired) electrons. The Morgan fingerprint density at radius 3 is 1.15 bits per heavy atom. The lowest BCUT2D eigenvalue weighted by Gasteiger charge is -2.29. The van der Waals surface area contributed by atoms with Crippen molar-refractivity contribution < 1.29 is 4.74 Å². The smallest absolute Gasteiger partial charge is 0.0578 e. The van der Waals surface area contributed by atoms with E-state index >= 15 is 0 Å². The molecule has 0 bridgehead atoms. The SMILES string of the molecule is CCCC(CCC(C)CC(C)(C)C)OC(CCC)CCC(C)CC(C)(C)C. The van der Waals surface area contributed by atoms with Gasteiger partial charge >= 0.3 is 0 Å². The quantitative estimate of drug-likeness (QED) is 0.291. The van der Waals surface area contributed by atoms with E-state index in [2.05, 4.69) is 69.2 Å². The second kappa shape index (κ2) is 13.2. The Balaban J connectivity index is 4.55. The maximum Gasteiger partial charge on any atom is 0.0578 e. The van der Waals surface area contributed by atoms with Gasteiger partial charge in [-0.15, -0.1) is 0 Å². The summed E-state index contributed by atoms with van der Waals surface area (Å²) in [7, 11) is 0. The van der Waals surface area contributed by atoms with Gasteiger partial charge in [-0.1, -0.05) is 82.1 Å². The third kappa shape index (κ3) is 16.6. The maximum absolute atomic E-state index is 6.69. The first kappa shape index (κ1) is 27.0.